The molecule has 0 spiro atoms. The van der Waals surface area contributed by atoms with Gasteiger partial charge in [-0.25, -0.2) is 0 Å². The number of hydrogen-bond donors (Lipinski definition) is 2. The van der Waals surface area contributed by atoms with Crippen LogP contribution in [0.5, 0.6) is 17.2 Å². The largest absolute Gasteiger partial charge is 0.493 e. The number of thiocarbonyl (C=S) groups is 1. The van der Waals surface area contributed by atoms with E-state index in [-0.39, 0.29) is 11.7 Å². The third-order valence-corrected chi connectivity index (χ3v) is 8.31. The fraction of sp³-hybridized carbons (Fsp3) is 0.200. The summed E-state index contributed by atoms with van der Waals surface area (Å²) in [4.78, 5) is 16.4. The minimum Gasteiger partial charge on any atom is -0.493 e. The molecular weight excluding hydrogens is 558 g/mol. The highest BCUT2D eigenvalue weighted by Crippen LogP contribution is 2.50. The van der Waals surface area contributed by atoms with Crippen LogP contribution in [-0.2, 0) is 4.79 Å². The fourth-order valence-corrected chi connectivity index (χ4v) is 6.38. The average molecular weight is 592 g/mol. The van der Waals surface area contributed by atoms with Crippen molar-refractivity contribution in [2.45, 2.75) is 24.8 Å². The van der Waals surface area contributed by atoms with Gasteiger partial charge in [-0.15, -0.1) is 0 Å². The number of carbonyl (C=O) groups is 1. The lowest BCUT2D eigenvalue weighted by atomic mass is 9.78. The molecule has 7 nitrogen and oxygen atoms in total. The van der Waals surface area contributed by atoms with Crippen molar-refractivity contribution < 1.29 is 19.0 Å². The number of anilines is 3. The van der Waals surface area contributed by atoms with E-state index in [2.05, 4.69) is 22.8 Å². The molecule has 8 heteroatoms. The minimum atomic E-state index is -0.590. The Morgan fingerprint density at radius 3 is 2.09 bits per heavy atom. The third-order valence-electron chi connectivity index (χ3n) is 8.01. The van der Waals surface area contributed by atoms with Crippen LogP contribution >= 0.6 is 12.2 Å². The number of fused-ring (bicyclic) bond motifs is 1. The molecule has 4 aromatic carbocycles. The van der Waals surface area contributed by atoms with E-state index in [1.54, 1.807) is 21.3 Å². The van der Waals surface area contributed by atoms with Gasteiger partial charge in [0.2, 0.25) is 5.75 Å². The number of Topliss-reactive ketones (excluding diaryl/α,β-unsaturated/α-hetero) is 1. The molecule has 0 saturated carbocycles. The van der Waals surface area contributed by atoms with E-state index in [0.717, 1.165) is 33.9 Å². The van der Waals surface area contributed by atoms with Crippen molar-refractivity contribution >= 4 is 40.2 Å². The fourth-order valence-electron chi connectivity index (χ4n) is 6.05. The predicted molar refractivity (Wildman–Crippen MR) is 174 cm³/mol. The number of methoxy groups -OCH3 is 3. The summed E-state index contributed by atoms with van der Waals surface area (Å²) in [5, 5.41) is 7.53. The lowest BCUT2D eigenvalue weighted by molar-refractivity contribution is -0.116. The Bertz CT molecular complexity index is 1670. The number of nitrogens with one attached hydrogen (secondary N) is 2. The molecule has 43 heavy (non-hydrogen) atoms. The molecule has 6 rings (SSSR count). The van der Waals surface area contributed by atoms with Crippen molar-refractivity contribution in [3.8, 4) is 17.2 Å². The molecule has 0 bridgehead atoms. The van der Waals surface area contributed by atoms with E-state index in [1.807, 2.05) is 89.8 Å². The van der Waals surface area contributed by atoms with Gasteiger partial charge in [-0.3, -0.25) is 4.79 Å². The van der Waals surface area contributed by atoms with Crippen molar-refractivity contribution in [2.75, 3.05) is 36.9 Å². The van der Waals surface area contributed by atoms with Gasteiger partial charge in [0.1, 0.15) is 0 Å². The molecule has 0 saturated heterocycles. The number of rotatable bonds is 6. The highest BCUT2D eigenvalue weighted by Gasteiger charge is 2.41. The third kappa shape index (κ3) is 5.42. The second kappa shape index (κ2) is 12.2. The van der Waals surface area contributed by atoms with Gasteiger partial charge in [0.25, 0.3) is 0 Å². The zero-order valence-corrected chi connectivity index (χ0v) is 25.1. The van der Waals surface area contributed by atoms with Crippen LogP contribution in [0.2, 0.25) is 0 Å². The van der Waals surface area contributed by atoms with Crippen LogP contribution < -0.4 is 29.7 Å². The Balaban J connectivity index is 1.58. The molecule has 0 amide bonds. The Hall–Kier alpha value is -4.82. The van der Waals surface area contributed by atoms with Gasteiger partial charge in [-0.1, -0.05) is 60.7 Å². The first-order valence-electron chi connectivity index (χ1n) is 14.1. The van der Waals surface area contributed by atoms with Crippen LogP contribution in [0.4, 0.5) is 17.1 Å². The van der Waals surface area contributed by atoms with Gasteiger partial charge in [0.05, 0.1) is 38.7 Å². The summed E-state index contributed by atoms with van der Waals surface area (Å²) in [5.41, 5.74) is 6.01. The number of hydrogen-bond acceptors (Lipinski definition) is 6. The summed E-state index contributed by atoms with van der Waals surface area (Å²) in [5.74, 6) is 1.58. The molecule has 4 aromatic rings. The smallest absolute Gasteiger partial charge is 0.203 e. The van der Waals surface area contributed by atoms with Gasteiger partial charge in [-0.05, 0) is 72.1 Å². The number of nitrogens with zero attached hydrogens (tertiary/aromatic N) is 1. The molecule has 0 aromatic heterocycles. The first-order valence-corrected chi connectivity index (χ1v) is 14.6. The van der Waals surface area contributed by atoms with Gasteiger partial charge in [0, 0.05) is 23.4 Å². The molecule has 0 fully saturated rings. The van der Waals surface area contributed by atoms with Crippen molar-refractivity contribution in [1.29, 1.82) is 0 Å². The van der Waals surface area contributed by atoms with Gasteiger partial charge in [-0.2, -0.15) is 0 Å². The quantitative estimate of drug-likeness (QED) is 0.224. The number of para-hydroxylation sites is 3. The van der Waals surface area contributed by atoms with Crippen molar-refractivity contribution in [1.82, 2.24) is 0 Å². The molecule has 0 radical (unpaired) electrons. The maximum atomic E-state index is 14.4. The summed E-state index contributed by atoms with van der Waals surface area (Å²) in [6.07, 6.45) is 1.06. The maximum absolute atomic E-state index is 14.4. The zero-order valence-electron chi connectivity index (χ0n) is 24.3. The standard InChI is InChI=1S/C35H33N3O4S/c1-40-30-20-24(21-31(41-2)34(30)42-3)33-32-27(18-23(19-29(32)39)22-12-6-4-7-13-22)37-26-16-10-11-17-28(26)38(33)35(43)36-25-14-8-5-9-15-25/h4-17,20-21,23,33,37H,18-19H2,1-3H3,(H,36,43)/t23-,33+/m0/s1. The normalized spacial score (nSPS) is 17.7. The number of carbonyl (C=O) groups excluding carboxylic acids is 1. The second-order valence-electron chi connectivity index (χ2n) is 10.5. The molecule has 0 unspecified atom stereocenters. The maximum Gasteiger partial charge on any atom is 0.203 e. The van der Waals surface area contributed by atoms with Crippen LogP contribution in [0.25, 0.3) is 0 Å². The van der Waals surface area contributed by atoms with Crippen LogP contribution in [0.3, 0.4) is 0 Å². The summed E-state index contributed by atoms with van der Waals surface area (Å²) in [6.45, 7) is 0. The van der Waals surface area contributed by atoms with Crippen molar-refractivity contribution in [3.63, 3.8) is 0 Å². The lowest BCUT2D eigenvalue weighted by Crippen LogP contribution is -2.40. The summed E-state index contributed by atoms with van der Waals surface area (Å²) in [7, 11) is 4.75. The molecule has 1 aliphatic heterocycles. The van der Waals surface area contributed by atoms with E-state index in [1.165, 1.54) is 0 Å². The summed E-state index contributed by atoms with van der Waals surface area (Å²) < 4.78 is 17.1. The minimum absolute atomic E-state index is 0.0497. The highest BCUT2D eigenvalue weighted by molar-refractivity contribution is 7.80. The van der Waals surface area contributed by atoms with E-state index < -0.39 is 6.04 Å². The van der Waals surface area contributed by atoms with Gasteiger partial charge < -0.3 is 29.7 Å². The Kier molecular flexibility index (Phi) is 8.03. The second-order valence-corrected chi connectivity index (χ2v) is 10.9. The zero-order chi connectivity index (χ0) is 29.9. The molecule has 218 valence electrons. The Labute approximate surface area is 257 Å². The van der Waals surface area contributed by atoms with E-state index in [4.69, 9.17) is 26.4 Å². The molecule has 2 atom stereocenters. The average Bonchev–Trinajstić information content (AvgIpc) is 3.19. The van der Waals surface area contributed by atoms with Crippen molar-refractivity contribution in [2.24, 2.45) is 0 Å². The molecule has 2 N–H and O–H groups in total. The molecule has 1 heterocycles. The van der Waals surface area contributed by atoms with Crippen LogP contribution in [0.1, 0.15) is 35.9 Å². The van der Waals surface area contributed by atoms with Crippen LogP contribution in [0, 0.1) is 0 Å². The van der Waals surface area contributed by atoms with E-state index in [0.29, 0.717) is 40.8 Å². The first-order chi connectivity index (χ1) is 21.0. The number of allylic oxidation sites excluding steroid dienone is 1. The van der Waals surface area contributed by atoms with Crippen molar-refractivity contribution in [3.05, 3.63) is 119 Å². The number of ether oxygens (including phenoxy) is 3. The van der Waals surface area contributed by atoms with Crippen LogP contribution in [-0.4, -0.2) is 32.2 Å². The predicted octanol–water partition coefficient (Wildman–Crippen LogP) is 7.48. The Morgan fingerprint density at radius 2 is 1.44 bits per heavy atom. The summed E-state index contributed by atoms with van der Waals surface area (Å²) >= 11 is 6.14. The molecule has 2 aliphatic rings. The van der Waals surface area contributed by atoms with Crippen LogP contribution in [0.15, 0.2) is 108 Å². The first kappa shape index (κ1) is 28.3. The number of ketones is 1. The van der Waals surface area contributed by atoms with E-state index >= 15 is 0 Å². The van der Waals surface area contributed by atoms with E-state index in [9.17, 15) is 4.79 Å². The highest BCUT2D eigenvalue weighted by atomic mass is 32.1. The molecule has 1 aliphatic carbocycles. The summed E-state index contributed by atoms with van der Waals surface area (Å²) in [6, 6.07) is 31.2. The monoisotopic (exact) mass is 591 g/mol. The lowest BCUT2D eigenvalue weighted by Gasteiger charge is -2.37. The Morgan fingerprint density at radius 1 is 0.814 bits per heavy atom. The topological polar surface area (TPSA) is 72.1 Å². The van der Waals surface area contributed by atoms with Gasteiger partial charge >= 0.3 is 0 Å². The molecular formula is C35H33N3O4S. The van der Waals surface area contributed by atoms with Gasteiger partial charge in [0.15, 0.2) is 22.4 Å². The number of benzene rings is 4. The SMILES string of the molecule is COc1cc([C@@H]2C3=C(C[C@H](c4ccccc4)CC3=O)Nc3ccccc3N2C(=S)Nc2ccccc2)cc(OC)c1OC.